The van der Waals surface area contributed by atoms with Gasteiger partial charge in [-0.3, -0.25) is 19.3 Å². The van der Waals surface area contributed by atoms with Crippen molar-refractivity contribution in [1.82, 2.24) is 4.90 Å². The maximum Gasteiger partial charge on any atom is 0.323 e. The standard InChI is InChI=1S/C11H16N2O4/c1-11(12,10(16)17)3-2-4-13-8(14)6-5-7(6)9(13)15/h6-7H,2-5,12H2,1H3,(H,16,17). The van der Waals surface area contributed by atoms with Crippen molar-refractivity contribution in [3.05, 3.63) is 0 Å². The first kappa shape index (κ1) is 12.0. The summed E-state index contributed by atoms with van der Waals surface area (Å²) in [4.78, 5) is 35.2. The van der Waals surface area contributed by atoms with Gasteiger partial charge in [-0.2, -0.15) is 0 Å². The highest BCUT2D eigenvalue weighted by Gasteiger charge is 2.58. The van der Waals surface area contributed by atoms with Crippen molar-refractivity contribution in [3.8, 4) is 0 Å². The second kappa shape index (κ2) is 3.80. The van der Waals surface area contributed by atoms with Crippen LogP contribution >= 0.6 is 0 Å². The molecule has 0 radical (unpaired) electrons. The van der Waals surface area contributed by atoms with Gasteiger partial charge in [-0.25, -0.2) is 0 Å². The summed E-state index contributed by atoms with van der Waals surface area (Å²) < 4.78 is 0. The van der Waals surface area contributed by atoms with Crippen molar-refractivity contribution in [2.45, 2.75) is 31.7 Å². The van der Waals surface area contributed by atoms with Crippen molar-refractivity contribution in [1.29, 1.82) is 0 Å². The molecule has 2 aliphatic rings. The Balaban J connectivity index is 1.82. The second-order valence-corrected chi connectivity index (χ2v) is 5.10. The molecule has 17 heavy (non-hydrogen) atoms. The second-order valence-electron chi connectivity index (χ2n) is 5.10. The summed E-state index contributed by atoms with van der Waals surface area (Å²) in [5.74, 6) is -1.46. The van der Waals surface area contributed by atoms with Crippen LogP contribution in [0.3, 0.4) is 0 Å². The Labute approximate surface area is 98.8 Å². The molecule has 1 saturated carbocycles. The van der Waals surface area contributed by atoms with E-state index in [1.807, 2.05) is 0 Å². The van der Waals surface area contributed by atoms with Crippen molar-refractivity contribution >= 4 is 17.8 Å². The molecule has 3 atom stereocenters. The molecule has 1 aliphatic carbocycles. The maximum atomic E-state index is 11.6. The average molecular weight is 240 g/mol. The molecule has 3 N–H and O–H groups in total. The molecular formula is C11H16N2O4. The summed E-state index contributed by atoms with van der Waals surface area (Å²) >= 11 is 0. The molecule has 2 fully saturated rings. The van der Waals surface area contributed by atoms with E-state index in [2.05, 4.69) is 0 Å². The molecular weight excluding hydrogens is 224 g/mol. The molecule has 0 aromatic heterocycles. The molecule has 3 unspecified atom stereocenters. The number of carboxylic acids is 1. The lowest BCUT2D eigenvalue weighted by molar-refractivity contribution is -0.142. The van der Waals surface area contributed by atoms with Crippen LogP contribution in [0, 0.1) is 11.8 Å². The Morgan fingerprint density at radius 3 is 2.47 bits per heavy atom. The number of amides is 2. The van der Waals surface area contributed by atoms with Crippen LogP contribution in [0.4, 0.5) is 0 Å². The van der Waals surface area contributed by atoms with Gasteiger partial charge in [0, 0.05) is 6.54 Å². The summed E-state index contributed by atoms with van der Waals surface area (Å²) in [5, 5.41) is 8.81. The lowest BCUT2D eigenvalue weighted by Gasteiger charge is -2.21. The fraction of sp³-hybridized carbons (Fsp3) is 0.727. The number of nitrogens with two attached hydrogens (primary N) is 1. The summed E-state index contributed by atoms with van der Waals surface area (Å²) in [7, 11) is 0. The summed E-state index contributed by atoms with van der Waals surface area (Å²) in [6.45, 7) is 1.71. The monoisotopic (exact) mass is 240 g/mol. The Morgan fingerprint density at radius 2 is 2.00 bits per heavy atom. The predicted octanol–water partition coefficient (Wildman–Crippen LogP) is -0.426. The number of carbonyl (C=O) groups is 3. The first-order valence-corrected chi connectivity index (χ1v) is 5.72. The molecule has 0 aromatic carbocycles. The molecule has 1 saturated heterocycles. The van der Waals surface area contributed by atoms with Crippen LogP contribution in [0.25, 0.3) is 0 Å². The summed E-state index contributed by atoms with van der Waals surface area (Å²) in [6, 6.07) is 0. The molecule has 94 valence electrons. The zero-order valence-electron chi connectivity index (χ0n) is 9.68. The van der Waals surface area contributed by atoms with Crippen LogP contribution in [0.15, 0.2) is 0 Å². The normalized spacial score (nSPS) is 30.1. The molecule has 0 spiro atoms. The number of hydrogen-bond acceptors (Lipinski definition) is 4. The molecule has 0 aromatic rings. The van der Waals surface area contributed by atoms with E-state index < -0.39 is 11.5 Å². The minimum atomic E-state index is -1.30. The van der Waals surface area contributed by atoms with E-state index in [0.29, 0.717) is 12.8 Å². The van der Waals surface area contributed by atoms with Gasteiger partial charge in [-0.15, -0.1) is 0 Å². The fourth-order valence-corrected chi connectivity index (χ4v) is 2.18. The molecule has 1 aliphatic heterocycles. The predicted molar refractivity (Wildman–Crippen MR) is 57.8 cm³/mol. The third-order valence-corrected chi connectivity index (χ3v) is 3.52. The van der Waals surface area contributed by atoms with Gasteiger partial charge in [-0.05, 0) is 26.2 Å². The van der Waals surface area contributed by atoms with E-state index in [0.717, 1.165) is 0 Å². The van der Waals surface area contributed by atoms with Crippen LogP contribution in [0.1, 0.15) is 26.2 Å². The number of hydrogen-bond donors (Lipinski definition) is 2. The van der Waals surface area contributed by atoms with Gasteiger partial charge >= 0.3 is 5.97 Å². The van der Waals surface area contributed by atoms with Crippen LogP contribution in [0.2, 0.25) is 0 Å². The number of carbonyl (C=O) groups excluding carboxylic acids is 2. The van der Waals surface area contributed by atoms with Gasteiger partial charge in [0.05, 0.1) is 11.8 Å². The van der Waals surface area contributed by atoms with E-state index in [1.54, 1.807) is 0 Å². The first-order valence-electron chi connectivity index (χ1n) is 5.72. The number of rotatable bonds is 5. The van der Waals surface area contributed by atoms with Gasteiger partial charge in [0.2, 0.25) is 11.8 Å². The van der Waals surface area contributed by atoms with Crippen LogP contribution in [-0.4, -0.2) is 39.9 Å². The van der Waals surface area contributed by atoms with E-state index in [9.17, 15) is 14.4 Å². The summed E-state index contributed by atoms with van der Waals surface area (Å²) in [6.07, 6.45) is 1.36. The smallest absolute Gasteiger partial charge is 0.323 e. The summed E-state index contributed by atoms with van der Waals surface area (Å²) in [5.41, 5.74) is 4.26. The quantitative estimate of drug-likeness (QED) is 0.635. The number of likely N-dealkylation sites (tertiary alicyclic amines) is 1. The maximum absolute atomic E-state index is 11.6. The van der Waals surface area contributed by atoms with Gasteiger partial charge in [0.1, 0.15) is 5.54 Å². The largest absolute Gasteiger partial charge is 0.480 e. The van der Waals surface area contributed by atoms with E-state index in [1.165, 1.54) is 11.8 Å². The number of carboxylic acid groups (broad SMARTS) is 1. The number of aliphatic carboxylic acids is 1. The SMILES string of the molecule is CC(N)(CCCN1C(=O)C2CC2C1=O)C(=O)O. The molecule has 2 rings (SSSR count). The van der Waals surface area contributed by atoms with E-state index in [4.69, 9.17) is 10.8 Å². The van der Waals surface area contributed by atoms with Gasteiger partial charge in [0.25, 0.3) is 0 Å². The van der Waals surface area contributed by atoms with E-state index >= 15 is 0 Å². The highest BCUT2D eigenvalue weighted by molar-refractivity contribution is 6.08. The minimum Gasteiger partial charge on any atom is -0.480 e. The van der Waals surface area contributed by atoms with Crippen molar-refractivity contribution < 1.29 is 19.5 Å². The number of fused-ring (bicyclic) bond motifs is 1. The topological polar surface area (TPSA) is 101 Å². The number of piperidine rings is 1. The first-order chi connectivity index (χ1) is 7.84. The van der Waals surface area contributed by atoms with Gasteiger partial charge < -0.3 is 10.8 Å². The number of imide groups is 1. The highest BCUT2D eigenvalue weighted by atomic mass is 16.4. The zero-order chi connectivity index (χ0) is 12.8. The fourth-order valence-electron chi connectivity index (χ4n) is 2.18. The van der Waals surface area contributed by atoms with E-state index in [-0.39, 0.29) is 36.6 Å². The van der Waals surface area contributed by atoms with Crippen molar-refractivity contribution in [2.24, 2.45) is 17.6 Å². The molecule has 1 heterocycles. The lowest BCUT2D eigenvalue weighted by Crippen LogP contribution is -2.45. The molecule has 6 nitrogen and oxygen atoms in total. The van der Waals surface area contributed by atoms with Crippen LogP contribution < -0.4 is 5.73 Å². The van der Waals surface area contributed by atoms with Crippen molar-refractivity contribution in [3.63, 3.8) is 0 Å². The average Bonchev–Trinajstić information content (AvgIpc) is 2.97. The van der Waals surface area contributed by atoms with Gasteiger partial charge in [-0.1, -0.05) is 0 Å². The highest BCUT2D eigenvalue weighted by Crippen LogP contribution is 2.46. The third kappa shape index (κ3) is 2.04. The third-order valence-electron chi connectivity index (χ3n) is 3.52. The minimum absolute atomic E-state index is 0.0915. The number of nitrogens with zero attached hydrogens (tertiary/aromatic N) is 1. The zero-order valence-corrected chi connectivity index (χ0v) is 9.68. The Morgan fingerprint density at radius 1 is 1.47 bits per heavy atom. The molecule has 2 amide bonds. The van der Waals surface area contributed by atoms with Crippen LogP contribution in [-0.2, 0) is 14.4 Å². The van der Waals surface area contributed by atoms with Crippen molar-refractivity contribution in [2.75, 3.05) is 6.54 Å². The lowest BCUT2D eigenvalue weighted by atomic mass is 9.97. The van der Waals surface area contributed by atoms with Gasteiger partial charge in [0.15, 0.2) is 0 Å². The Hall–Kier alpha value is -1.43. The molecule has 6 heteroatoms. The van der Waals surface area contributed by atoms with Crippen LogP contribution in [0.5, 0.6) is 0 Å². The molecule has 0 bridgehead atoms. The Kier molecular flexibility index (Phi) is 2.69. The Bertz CT molecular complexity index is 371.